The first-order chi connectivity index (χ1) is 4.77. The molecule has 0 fully saturated rings. The molecule has 68 valence electrons. The van der Waals surface area contributed by atoms with Crippen LogP contribution in [0.25, 0.3) is 0 Å². The number of rotatable bonds is 6. The summed E-state index contributed by atoms with van der Waals surface area (Å²) in [5.74, 6) is -0.670. The molecule has 0 aliphatic rings. The van der Waals surface area contributed by atoms with Crippen molar-refractivity contribution >= 4 is 5.97 Å². The van der Waals surface area contributed by atoms with E-state index in [4.69, 9.17) is 5.11 Å². The number of unbranched alkanes of at least 4 members (excludes halogenated alkanes) is 4. The minimum atomic E-state index is -0.670. The van der Waals surface area contributed by atoms with Gasteiger partial charge in [-0.05, 0) is 6.42 Å². The van der Waals surface area contributed by atoms with Crippen molar-refractivity contribution < 1.29 is 27.0 Å². The fraction of sp³-hybridized carbons (Fsp3) is 0.875. The van der Waals surface area contributed by atoms with Crippen LogP contribution in [0.15, 0.2) is 0 Å². The summed E-state index contributed by atoms with van der Waals surface area (Å²) in [6.07, 6.45) is 5.88. The molecule has 0 aromatic heterocycles. The molecule has 0 bridgehead atoms. The molecule has 0 heterocycles. The quantitative estimate of drug-likeness (QED) is 0.528. The smallest absolute Gasteiger partial charge is 0.303 e. The van der Waals surface area contributed by atoms with E-state index in [0.29, 0.717) is 6.42 Å². The number of hydrogen-bond acceptors (Lipinski definition) is 1. The Balaban J connectivity index is 0. The third kappa shape index (κ3) is 13.1. The van der Waals surface area contributed by atoms with Crippen LogP contribution in [0.2, 0.25) is 0 Å². The van der Waals surface area contributed by atoms with E-state index in [1.807, 2.05) is 0 Å². The first-order valence-electron chi connectivity index (χ1n) is 3.99. The van der Waals surface area contributed by atoms with Gasteiger partial charge in [0.15, 0.2) is 0 Å². The summed E-state index contributed by atoms with van der Waals surface area (Å²) < 4.78 is 0. The molecule has 0 aliphatic carbocycles. The number of carboxylic acids is 1. The van der Waals surface area contributed by atoms with Crippen LogP contribution in [-0.2, 0) is 21.9 Å². The van der Waals surface area contributed by atoms with E-state index < -0.39 is 5.97 Å². The number of carboxylic acid groups (broad SMARTS) is 1. The van der Waals surface area contributed by atoms with Crippen LogP contribution in [0.1, 0.15) is 45.4 Å². The van der Waals surface area contributed by atoms with Crippen molar-refractivity contribution in [2.45, 2.75) is 45.4 Å². The minimum Gasteiger partial charge on any atom is -0.481 e. The van der Waals surface area contributed by atoms with E-state index >= 15 is 0 Å². The summed E-state index contributed by atoms with van der Waals surface area (Å²) in [5.41, 5.74) is 0. The van der Waals surface area contributed by atoms with Crippen LogP contribution in [0.5, 0.6) is 0 Å². The van der Waals surface area contributed by atoms with E-state index in [9.17, 15) is 4.79 Å². The van der Waals surface area contributed by atoms with E-state index in [0.717, 1.165) is 12.8 Å². The van der Waals surface area contributed by atoms with E-state index in [-0.39, 0.29) is 17.1 Å². The Bertz CT molecular complexity index is 94.1. The molecule has 0 spiro atoms. The summed E-state index contributed by atoms with van der Waals surface area (Å²) in [7, 11) is 0. The second kappa shape index (κ2) is 9.99. The van der Waals surface area contributed by atoms with E-state index in [2.05, 4.69) is 6.92 Å². The maximum atomic E-state index is 10.0. The molecule has 0 aromatic carbocycles. The van der Waals surface area contributed by atoms with Crippen molar-refractivity contribution in [1.29, 1.82) is 0 Å². The van der Waals surface area contributed by atoms with Gasteiger partial charge in [0.25, 0.3) is 0 Å². The second-order valence-corrected chi connectivity index (χ2v) is 2.56. The van der Waals surface area contributed by atoms with Crippen molar-refractivity contribution in [3.05, 3.63) is 0 Å². The van der Waals surface area contributed by atoms with Gasteiger partial charge in [-0.3, -0.25) is 4.79 Å². The van der Waals surface area contributed by atoms with Crippen LogP contribution >= 0.6 is 0 Å². The van der Waals surface area contributed by atoms with Gasteiger partial charge in [-0.15, -0.1) is 0 Å². The fourth-order valence-electron chi connectivity index (χ4n) is 0.880. The summed E-state index contributed by atoms with van der Waals surface area (Å²) in [6, 6.07) is 0. The predicted molar refractivity (Wildman–Crippen MR) is 41.0 cm³/mol. The molecule has 0 radical (unpaired) electrons. The molecule has 0 aromatic rings. The Kier molecular flexibility index (Phi) is 12.3. The summed E-state index contributed by atoms with van der Waals surface area (Å²) in [5, 5.41) is 8.27. The van der Waals surface area contributed by atoms with Crippen LogP contribution in [-0.4, -0.2) is 11.1 Å². The van der Waals surface area contributed by atoms with Crippen molar-refractivity contribution in [3.63, 3.8) is 0 Å². The maximum Gasteiger partial charge on any atom is 0.303 e. The van der Waals surface area contributed by atoms with Crippen molar-refractivity contribution in [2.75, 3.05) is 0 Å². The molecule has 2 nitrogen and oxygen atoms in total. The zero-order valence-corrected chi connectivity index (χ0v) is 8.06. The standard InChI is InChI=1S/C8H16O2.Fe/c1-2-3-4-5-6-7-8(9)10;/h2-7H2,1H3,(H,9,10);. The average molecular weight is 200 g/mol. The Morgan fingerprint density at radius 1 is 1.18 bits per heavy atom. The molecule has 1 N–H and O–H groups in total. The molecule has 0 aliphatic heterocycles. The van der Waals surface area contributed by atoms with Crippen LogP contribution in [0.4, 0.5) is 0 Å². The third-order valence-corrected chi connectivity index (χ3v) is 1.49. The van der Waals surface area contributed by atoms with E-state index in [1.165, 1.54) is 19.3 Å². The fourth-order valence-corrected chi connectivity index (χ4v) is 0.880. The molecule has 0 saturated carbocycles. The molecular weight excluding hydrogens is 184 g/mol. The van der Waals surface area contributed by atoms with E-state index in [1.54, 1.807) is 0 Å². The Morgan fingerprint density at radius 3 is 2.18 bits per heavy atom. The second-order valence-electron chi connectivity index (χ2n) is 2.56. The van der Waals surface area contributed by atoms with Gasteiger partial charge in [0, 0.05) is 23.5 Å². The monoisotopic (exact) mass is 200 g/mol. The normalized spacial score (nSPS) is 8.82. The summed E-state index contributed by atoms with van der Waals surface area (Å²) >= 11 is 0. The van der Waals surface area contributed by atoms with Gasteiger partial charge in [-0.1, -0.05) is 32.6 Å². The first-order valence-corrected chi connectivity index (χ1v) is 3.99. The van der Waals surface area contributed by atoms with Crippen molar-refractivity contribution in [3.8, 4) is 0 Å². The topological polar surface area (TPSA) is 37.3 Å². The molecule has 0 saturated heterocycles. The van der Waals surface area contributed by atoms with Gasteiger partial charge < -0.3 is 5.11 Å². The van der Waals surface area contributed by atoms with Crippen LogP contribution in [0.3, 0.4) is 0 Å². The molecule has 0 unspecified atom stereocenters. The zero-order chi connectivity index (χ0) is 7.82. The Labute approximate surface area is 78.8 Å². The molecular formula is C8H16FeO2. The molecule has 11 heavy (non-hydrogen) atoms. The van der Waals surface area contributed by atoms with Crippen molar-refractivity contribution in [1.82, 2.24) is 0 Å². The minimum absolute atomic E-state index is 0. The van der Waals surface area contributed by atoms with Gasteiger partial charge in [0.05, 0.1) is 0 Å². The van der Waals surface area contributed by atoms with Gasteiger partial charge >= 0.3 is 5.97 Å². The maximum absolute atomic E-state index is 10.0. The SMILES string of the molecule is CCCCCCCC(=O)O.[Fe]. The summed E-state index contributed by atoms with van der Waals surface area (Å²) in [6.45, 7) is 2.15. The molecule has 3 heteroatoms. The number of carbonyl (C=O) groups is 1. The number of aliphatic carboxylic acids is 1. The molecule has 0 atom stereocenters. The number of hydrogen-bond donors (Lipinski definition) is 1. The average Bonchev–Trinajstić information content (AvgIpc) is 1.87. The molecule has 0 rings (SSSR count). The Morgan fingerprint density at radius 2 is 1.73 bits per heavy atom. The molecule has 0 amide bonds. The summed E-state index contributed by atoms with van der Waals surface area (Å²) in [4.78, 5) is 10.0. The van der Waals surface area contributed by atoms with Crippen molar-refractivity contribution in [2.24, 2.45) is 0 Å². The van der Waals surface area contributed by atoms with Gasteiger partial charge in [-0.2, -0.15) is 0 Å². The van der Waals surface area contributed by atoms with Gasteiger partial charge in [-0.25, -0.2) is 0 Å². The largest absolute Gasteiger partial charge is 0.481 e. The van der Waals surface area contributed by atoms with Gasteiger partial charge in [0.1, 0.15) is 0 Å². The van der Waals surface area contributed by atoms with Gasteiger partial charge in [0.2, 0.25) is 0 Å². The zero-order valence-electron chi connectivity index (χ0n) is 6.95. The predicted octanol–water partition coefficient (Wildman–Crippen LogP) is 2.43. The first kappa shape index (κ1) is 13.6. The van der Waals surface area contributed by atoms with Crippen LogP contribution in [0, 0.1) is 0 Å². The van der Waals surface area contributed by atoms with Crippen LogP contribution < -0.4 is 0 Å². The third-order valence-electron chi connectivity index (χ3n) is 1.49. The Hall–Kier alpha value is -0.0105.